The largest absolute Gasteiger partial charge is 0.237 e. The summed E-state index contributed by atoms with van der Waals surface area (Å²) < 4.78 is 2.49. The molecule has 4 rings (SSSR count). The van der Waals surface area contributed by atoms with E-state index >= 15 is 0 Å². The Morgan fingerprint density at radius 1 is 0.947 bits per heavy atom. The first-order chi connectivity index (χ1) is 9.22. The zero-order valence-corrected chi connectivity index (χ0v) is 11.6. The molecule has 0 saturated heterocycles. The summed E-state index contributed by atoms with van der Waals surface area (Å²) in [7, 11) is 0. The number of rotatable bonds is 0. The van der Waals surface area contributed by atoms with Crippen molar-refractivity contribution in [1.82, 2.24) is 9.97 Å². The van der Waals surface area contributed by atoms with Crippen molar-refractivity contribution in [3.05, 3.63) is 47.9 Å². The Balaban J connectivity index is 2.26. The molecule has 0 amide bonds. The van der Waals surface area contributed by atoms with Crippen molar-refractivity contribution in [2.45, 2.75) is 13.8 Å². The third kappa shape index (κ3) is 1.55. The number of aryl methyl sites for hydroxylation is 2. The first-order valence-corrected chi connectivity index (χ1v) is 7.10. The van der Waals surface area contributed by atoms with Crippen molar-refractivity contribution in [3.8, 4) is 0 Å². The Bertz CT molecular complexity index is 938. The number of nitrogens with zero attached hydrogens (tertiary/aromatic N) is 2. The van der Waals surface area contributed by atoms with Gasteiger partial charge >= 0.3 is 0 Å². The van der Waals surface area contributed by atoms with Crippen LogP contribution in [0.5, 0.6) is 0 Å². The summed E-state index contributed by atoms with van der Waals surface area (Å²) in [6, 6.07) is 13.0. The molecule has 0 aliphatic carbocycles. The molecule has 0 spiro atoms. The smallest absolute Gasteiger partial charge is 0.126 e. The standard InChI is InChI=1S/C16H12N2S/c1-9-16-15(18-10(2)17-9)13-7-11-5-3-4-6-12(11)8-14(13)19-16/h3-8H,1-2H3. The maximum absolute atomic E-state index is 4.63. The molecule has 0 aliphatic rings. The van der Waals surface area contributed by atoms with Gasteiger partial charge in [-0.05, 0) is 36.8 Å². The third-order valence-corrected chi connectivity index (χ3v) is 4.71. The molecule has 2 heterocycles. The first-order valence-electron chi connectivity index (χ1n) is 6.28. The van der Waals surface area contributed by atoms with Crippen LogP contribution in [0.3, 0.4) is 0 Å². The maximum atomic E-state index is 4.63. The monoisotopic (exact) mass is 264 g/mol. The summed E-state index contributed by atoms with van der Waals surface area (Å²) in [5.74, 6) is 0.845. The molecular formula is C16H12N2S. The van der Waals surface area contributed by atoms with Gasteiger partial charge < -0.3 is 0 Å². The summed E-state index contributed by atoms with van der Waals surface area (Å²) in [6.45, 7) is 4.02. The quantitative estimate of drug-likeness (QED) is 0.463. The Morgan fingerprint density at radius 2 is 1.68 bits per heavy atom. The second-order valence-electron chi connectivity index (χ2n) is 4.83. The van der Waals surface area contributed by atoms with Crippen LogP contribution in [0.15, 0.2) is 36.4 Å². The lowest BCUT2D eigenvalue weighted by Gasteiger charge is -1.99. The molecule has 0 bridgehead atoms. The molecular weight excluding hydrogens is 252 g/mol. The average molecular weight is 264 g/mol. The van der Waals surface area contributed by atoms with Gasteiger partial charge in [-0.25, -0.2) is 9.97 Å². The predicted molar refractivity (Wildman–Crippen MR) is 81.9 cm³/mol. The molecule has 2 aromatic heterocycles. The summed E-state index contributed by atoms with van der Waals surface area (Å²) in [4.78, 5) is 9.10. The molecule has 19 heavy (non-hydrogen) atoms. The number of benzene rings is 2. The highest BCUT2D eigenvalue weighted by molar-refractivity contribution is 7.26. The summed E-state index contributed by atoms with van der Waals surface area (Å²) in [6.07, 6.45) is 0. The Labute approximate surface area is 114 Å². The van der Waals surface area contributed by atoms with E-state index in [9.17, 15) is 0 Å². The molecule has 4 aromatic rings. The topological polar surface area (TPSA) is 25.8 Å². The molecule has 3 heteroatoms. The highest BCUT2D eigenvalue weighted by atomic mass is 32.1. The van der Waals surface area contributed by atoms with Gasteiger partial charge in [-0.3, -0.25) is 0 Å². The van der Waals surface area contributed by atoms with E-state index in [4.69, 9.17) is 0 Å². The summed E-state index contributed by atoms with van der Waals surface area (Å²) >= 11 is 1.79. The fourth-order valence-electron chi connectivity index (χ4n) is 2.61. The van der Waals surface area contributed by atoms with Crippen LogP contribution in [-0.4, -0.2) is 9.97 Å². The second-order valence-corrected chi connectivity index (χ2v) is 5.88. The van der Waals surface area contributed by atoms with E-state index in [1.165, 1.54) is 25.6 Å². The minimum Gasteiger partial charge on any atom is -0.237 e. The van der Waals surface area contributed by atoms with Crippen LogP contribution in [0.4, 0.5) is 0 Å². The van der Waals surface area contributed by atoms with Gasteiger partial charge in [-0.1, -0.05) is 24.3 Å². The molecule has 0 saturated carbocycles. The number of thiophene rings is 1. The third-order valence-electron chi connectivity index (χ3n) is 3.46. The average Bonchev–Trinajstić information content (AvgIpc) is 2.74. The lowest BCUT2D eigenvalue weighted by molar-refractivity contribution is 1.06. The molecule has 0 radical (unpaired) electrons. The number of aromatic nitrogens is 2. The van der Waals surface area contributed by atoms with Crippen LogP contribution < -0.4 is 0 Å². The lowest BCUT2D eigenvalue weighted by atomic mass is 10.1. The molecule has 2 nitrogen and oxygen atoms in total. The minimum absolute atomic E-state index is 0.845. The van der Waals surface area contributed by atoms with Gasteiger partial charge in [0.1, 0.15) is 5.82 Å². The van der Waals surface area contributed by atoms with E-state index in [1.807, 2.05) is 6.92 Å². The van der Waals surface area contributed by atoms with Crippen molar-refractivity contribution in [1.29, 1.82) is 0 Å². The maximum Gasteiger partial charge on any atom is 0.126 e. The van der Waals surface area contributed by atoms with Gasteiger partial charge in [-0.15, -0.1) is 11.3 Å². The zero-order valence-electron chi connectivity index (χ0n) is 10.8. The Morgan fingerprint density at radius 3 is 2.47 bits per heavy atom. The minimum atomic E-state index is 0.845. The highest BCUT2D eigenvalue weighted by Crippen LogP contribution is 2.36. The van der Waals surface area contributed by atoms with Crippen LogP contribution in [0.2, 0.25) is 0 Å². The fraction of sp³-hybridized carbons (Fsp3) is 0.125. The molecule has 2 aromatic carbocycles. The Hall–Kier alpha value is -2.00. The molecule has 0 fully saturated rings. The Kier molecular flexibility index (Phi) is 2.15. The summed E-state index contributed by atoms with van der Waals surface area (Å²) in [5.41, 5.74) is 2.17. The molecule has 0 atom stereocenters. The molecule has 0 unspecified atom stereocenters. The van der Waals surface area contributed by atoms with E-state index in [0.29, 0.717) is 0 Å². The zero-order chi connectivity index (χ0) is 13.0. The van der Waals surface area contributed by atoms with Gasteiger partial charge in [0, 0.05) is 10.1 Å². The van der Waals surface area contributed by atoms with E-state index in [2.05, 4.69) is 53.3 Å². The predicted octanol–water partition coefficient (Wildman–Crippen LogP) is 4.61. The second kappa shape index (κ2) is 3.75. The fourth-order valence-corrected chi connectivity index (χ4v) is 3.72. The summed E-state index contributed by atoms with van der Waals surface area (Å²) in [5, 5.41) is 3.79. The van der Waals surface area contributed by atoms with Gasteiger partial charge in [0.2, 0.25) is 0 Å². The van der Waals surface area contributed by atoms with Crippen LogP contribution >= 0.6 is 11.3 Å². The van der Waals surface area contributed by atoms with Gasteiger partial charge in [-0.2, -0.15) is 0 Å². The molecule has 0 aliphatic heterocycles. The first kappa shape index (κ1) is 10.9. The van der Waals surface area contributed by atoms with Crippen LogP contribution in [0, 0.1) is 13.8 Å². The van der Waals surface area contributed by atoms with Gasteiger partial charge in [0.15, 0.2) is 0 Å². The van der Waals surface area contributed by atoms with Crippen LogP contribution in [0.1, 0.15) is 11.5 Å². The number of hydrogen-bond donors (Lipinski definition) is 0. The van der Waals surface area contributed by atoms with E-state index < -0.39 is 0 Å². The van der Waals surface area contributed by atoms with Gasteiger partial charge in [0.25, 0.3) is 0 Å². The van der Waals surface area contributed by atoms with Gasteiger partial charge in [0.05, 0.1) is 15.9 Å². The molecule has 92 valence electrons. The number of hydrogen-bond acceptors (Lipinski definition) is 3. The molecule has 0 N–H and O–H groups in total. The number of fused-ring (bicyclic) bond motifs is 4. The van der Waals surface area contributed by atoms with Crippen LogP contribution in [-0.2, 0) is 0 Å². The van der Waals surface area contributed by atoms with Crippen molar-refractivity contribution in [2.24, 2.45) is 0 Å². The van der Waals surface area contributed by atoms with E-state index in [0.717, 1.165) is 17.0 Å². The van der Waals surface area contributed by atoms with Crippen molar-refractivity contribution in [2.75, 3.05) is 0 Å². The van der Waals surface area contributed by atoms with Crippen molar-refractivity contribution >= 4 is 42.4 Å². The lowest BCUT2D eigenvalue weighted by Crippen LogP contribution is -1.90. The van der Waals surface area contributed by atoms with Crippen LogP contribution in [0.25, 0.3) is 31.1 Å². The van der Waals surface area contributed by atoms with Crippen molar-refractivity contribution < 1.29 is 0 Å². The highest BCUT2D eigenvalue weighted by Gasteiger charge is 2.11. The van der Waals surface area contributed by atoms with Crippen molar-refractivity contribution in [3.63, 3.8) is 0 Å². The van der Waals surface area contributed by atoms with E-state index in [-0.39, 0.29) is 0 Å². The SMILES string of the molecule is Cc1nc(C)c2sc3cc4ccccc4cc3c2n1. The van der Waals surface area contributed by atoms with E-state index in [1.54, 1.807) is 11.3 Å². The normalized spacial score (nSPS) is 11.7.